The van der Waals surface area contributed by atoms with Gasteiger partial charge in [0.15, 0.2) is 0 Å². The molecule has 2 amide bonds. The molecule has 0 fully saturated rings. The lowest BCUT2D eigenvalue weighted by atomic mass is 9.94. The van der Waals surface area contributed by atoms with E-state index >= 15 is 0 Å². The number of amides is 2. The van der Waals surface area contributed by atoms with Crippen LogP contribution in [0.1, 0.15) is 46.2 Å². The highest BCUT2D eigenvalue weighted by Crippen LogP contribution is 2.23. The van der Waals surface area contributed by atoms with Gasteiger partial charge in [0.25, 0.3) is 0 Å². The van der Waals surface area contributed by atoms with Crippen LogP contribution >= 0.6 is 0 Å². The van der Waals surface area contributed by atoms with Crippen LogP contribution in [0.15, 0.2) is 30.3 Å². The Morgan fingerprint density at radius 2 is 1.77 bits per heavy atom. The van der Waals surface area contributed by atoms with Gasteiger partial charge in [0.05, 0.1) is 12.0 Å². The fourth-order valence-electron chi connectivity index (χ4n) is 2.08. The second-order valence-corrected chi connectivity index (χ2v) is 6.22. The molecule has 0 aliphatic rings. The van der Waals surface area contributed by atoms with Crippen LogP contribution in [-0.2, 0) is 9.53 Å². The predicted octanol–water partition coefficient (Wildman–Crippen LogP) is 3.02. The van der Waals surface area contributed by atoms with Gasteiger partial charge >= 0.3 is 6.09 Å². The van der Waals surface area contributed by atoms with Crippen molar-refractivity contribution in [3.8, 4) is 0 Å². The van der Waals surface area contributed by atoms with Crippen LogP contribution < -0.4 is 10.6 Å². The summed E-state index contributed by atoms with van der Waals surface area (Å²) in [4.78, 5) is 24.2. The summed E-state index contributed by atoms with van der Waals surface area (Å²) in [5.74, 6) is -0.512. The fraction of sp³-hybridized carbons (Fsp3) is 0.529. The first-order valence-electron chi connectivity index (χ1n) is 7.56. The maximum absolute atomic E-state index is 12.1. The fourth-order valence-corrected chi connectivity index (χ4v) is 2.08. The Morgan fingerprint density at radius 3 is 2.27 bits per heavy atom. The minimum absolute atomic E-state index is 0.104. The third-order valence-corrected chi connectivity index (χ3v) is 3.10. The Balaban J connectivity index is 2.93. The summed E-state index contributed by atoms with van der Waals surface area (Å²) in [5.41, 5.74) is 0.285. The summed E-state index contributed by atoms with van der Waals surface area (Å²) >= 11 is 0. The molecule has 2 atom stereocenters. The molecule has 1 aromatic rings. The predicted molar refractivity (Wildman–Crippen MR) is 86.4 cm³/mol. The minimum atomic E-state index is -0.583. The average Bonchev–Trinajstić information content (AvgIpc) is 2.43. The van der Waals surface area contributed by atoms with E-state index < -0.39 is 23.7 Å². The molecule has 0 aliphatic carbocycles. The largest absolute Gasteiger partial charge is 0.444 e. The third-order valence-electron chi connectivity index (χ3n) is 3.10. The molecular weight excluding hydrogens is 280 g/mol. The lowest BCUT2D eigenvalue weighted by Gasteiger charge is -2.27. The van der Waals surface area contributed by atoms with Crippen LogP contribution in [-0.4, -0.2) is 24.1 Å². The van der Waals surface area contributed by atoms with Gasteiger partial charge in [-0.2, -0.15) is 0 Å². The van der Waals surface area contributed by atoms with Crippen molar-refractivity contribution in [3.05, 3.63) is 35.9 Å². The Bertz CT molecular complexity index is 494. The standard InChI is InChI=1S/C17H26N2O3/c1-6-18-15(20)12(2)14(13-10-8-7-9-11-13)19-16(21)22-17(3,4)5/h7-12,14H,6H2,1-5H3,(H,18,20)(H,19,21). The van der Waals surface area contributed by atoms with Crippen LogP contribution in [0.3, 0.4) is 0 Å². The lowest BCUT2D eigenvalue weighted by Crippen LogP contribution is -2.42. The molecule has 5 heteroatoms. The van der Waals surface area contributed by atoms with Crippen LogP contribution in [0.25, 0.3) is 0 Å². The van der Waals surface area contributed by atoms with Crippen molar-refractivity contribution in [3.63, 3.8) is 0 Å². The zero-order valence-corrected chi connectivity index (χ0v) is 14.0. The van der Waals surface area contributed by atoms with Crippen molar-refractivity contribution in [2.75, 3.05) is 6.54 Å². The Kier molecular flexibility index (Phi) is 6.40. The third kappa shape index (κ3) is 5.76. The van der Waals surface area contributed by atoms with Crippen molar-refractivity contribution in [1.29, 1.82) is 0 Å². The van der Waals surface area contributed by atoms with Crippen LogP contribution in [0.4, 0.5) is 4.79 Å². The number of carbonyl (C=O) groups is 2. The Hall–Kier alpha value is -2.04. The molecule has 5 nitrogen and oxygen atoms in total. The first-order valence-corrected chi connectivity index (χ1v) is 7.56. The highest BCUT2D eigenvalue weighted by molar-refractivity contribution is 5.80. The summed E-state index contributed by atoms with van der Waals surface area (Å²) in [7, 11) is 0. The number of rotatable bonds is 5. The van der Waals surface area contributed by atoms with Gasteiger partial charge in [-0.1, -0.05) is 37.3 Å². The molecule has 0 aromatic heterocycles. The van der Waals surface area contributed by atoms with E-state index in [-0.39, 0.29) is 5.91 Å². The molecule has 2 N–H and O–H groups in total. The molecule has 0 spiro atoms. The molecule has 0 saturated heterocycles. The molecular formula is C17H26N2O3. The quantitative estimate of drug-likeness (QED) is 0.878. The van der Waals surface area contributed by atoms with Gasteiger partial charge in [0, 0.05) is 6.54 Å². The smallest absolute Gasteiger partial charge is 0.408 e. The average molecular weight is 306 g/mol. The van der Waals surface area contributed by atoms with Gasteiger partial charge in [-0.3, -0.25) is 4.79 Å². The number of hydrogen-bond acceptors (Lipinski definition) is 3. The highest BCUT2D eigenvalue weighted by atomic mass is 16.6. The number of nitrogens with one attached hydrogen (secondary N) is 2. The van der Waals surface area contributed by atoms with E-state index in [1.54, 1.807) is 27.7 Å². The SMILES string of the molecule is CCNC(=O)C(C)C(NC(=O)OC(C)(C)C)c1ccccc1. The Morgan fingerprint density at radius 1 is 1.18 bits per heavy atom. The van der Waals surface area contributed by atoms with Gasteiger partial charge in [0.2, 0.25) is 5.91 Å². The molecule has 0 radical (unpaired) electrons. The van der Waals surface area contributed by atoms with E-state index in [2.05, 4.69) is 10.6 Å². The van der Waals surface area contributed by atoms with E-state index in [0.717, 1.165) is 5.56 Å². The number of carbonyl (C=O) groups excluding carboxylic acids is 2. The highest BCUT2D eigenvalue weighted by Gasteiger charge is 2.28. The molecule has 0 heterocycles. The monoisotopic (exact) mass is 306 g/mol. The molecule has 1 aromatic carbocycles. The molecule has 2 unspecified atom stereocenters. The van der Waals surface area contributed by atoms with Gasteiger partial charge < -0.3 is 15.4 Å². The normalized spacial score (nSPS) is 13.9. The van der Waals surface area contributed by atoms with Crippen molar-refractivity contribution in [2.45, 2.75) is 46.3 Å². The molecule has 122 valence electrons. The molecule has 0 bridgehead atoms. The van der Waals surface area contributed by atoms with Gasteiger partial charge in [0.1, 0.15) is 5.60 Å². The minimum Gasteiger partial charge on any atom is -0.444 e. The second-order valence-electron chi connectivity index (χ2n) is 6.22. The van der Waals surface area contributed by atoms with Crippen molar-refractivity contribution >= 4 is 12.0 Å². The second kappa shape index (κ2) is 7.82. The topological polar surface area (TPSA) is 67.4 Å². The van der Waals surface area contributed by atoms with Gasteiger partial charge in [-0.25, -0.2) is 4.79 Å². The number of alkyl carbamates (subject to hydrolysis) is 1. The zero-order valence-electron chi connectivity index (χ0n) is 14.0. The summed E-state index contributed by atoms with van der Waals surface area (Å²) < 4.78 is 5.30. The summed E-state index contributed by atoms with van der Waals surface area (Å²) in [6.07, 6.45) is -0.530. The summed E-state index contributed by atoms with van der Waals surface area (Å²) in [6.45, 7) is 9.62. The molecule has 22 heavy (non-hydrogen) atoms. The maximum Gasteiger partial charge on any atom is 0.408 e. The number of benzene rings is 1. The first-order chi connectivity index (χ1) is 10.2. The maximum atomic E-state index is 12.1. The van der Waals surface area contributed by atoms with Crippen molar-refractivity contribution in [2.24, 2.45) is 5.92 Å². The number of ether oxygens (including phenoxy) is 1. The molecule has 1 rings (SSSR count). The lowest BCUT2D eigenvalue weighted by molar-refractivity contribution is -0.125. The molecule has 0 aliphatic heterocycles. The van der Waals surface area contributed by atoms with E-state index in [1.807, 2.05) is 37.3 Å². The van der Waals surface area contributed by atoms with E-state index in [4.69, 9.17) is 4.74 Å². The van der Waals surface area contributed by atoms with Crippen LogP contribution in [0.2, 0.25) is 0 Å². The number of hydrogen-bond donors (Lipinski definition) is 2. The van der Waals surface area contributed by atoms with Gasteiger partial charge in [-0.15, -0.1) is 0 Å². The Labute approximate surface area is 132 Å². The zero-order chi connectivity index (χ0) is 16.8. The summed E-state index contributed by atoms with van der Waals surface area (Å²) in [5, 5.41) is 5.59. The van der Waals surface area contributed by atoms with Crippen LogP contribution in [0.5, 0.6) is 0 Å². The first kappa shape index (κ1) is 18.0. The molecule has 0 saturated carbocycles. The van der Waals surface area contributed by atoms with Gasteiger partial charge in [-0.05, 0) is 33.3 Å². The van der Waals surface area contributed by atoms with Crippen molar-refractivity contribution < 1.29 is 14.3 Å². The van der Waals surface area contributed by atoms with Crippen LogP contribution in [0, 0.1) is 5.92 Å². The van der Waals surface area contributed by atoms with E-state index in [1.165, 1.54) is 0 Å². The van der Waals surface area contributed by atoms with E-state index in [9.17, 15) is 9.59 Å². The summed E-state index contributed by atoms with van der Waals surface area (Å²) in [6, 6.07) is 8.98. The van der Waals surface area contributed by atoms with Crippen molar-refractivity contribution in [1.82, 2.24) is 10.6 Å². The van der Waals surface area contributed by atoms with E-state index in [0.29, 0.717) is 6.54 Å².